The zero-order valence-electron chi connectivity index (χ0n) is 12.3. The van der Waals surface area contributed by atoms with E-state index in [1.54, 1.807) is 18.2 Å². The number of rotatable bonds is 3. The smallest absolute Gasteiger partial charge is 0.243 e. The average molecular weight is 311 g/mol. The SMILES string of the molecule is C[C@@H]1Cc2cc(S(=O)(=O)N3C[C@@H](CO)[C@H](C)C3)ccc2O1. The molecule has 3 rings (SSSR count). The number of aliphatic hydroxyl groups is 1. The van der Waals surface area contributed by atoms with E-state index < -0.39 is 10.0 Å². The Morgan fingerprint density at radius 2 is 2.10 bits per heavy atom. The maximum atomic E-state index is 12.7. The highest BCUT2D eigenvalue weighted by atomic mass is 32.2. The molecule has 1 aromatic carbocycles. The Hall–Kier alpha value is -1.11. The summed E-state index contributed by atoms with van der Waals surface area (Å²) in [6.45, 7) is 4.85. The summed E-state index contributed by atoms with van der Waals surface area (Å²) in [4.78, 5) is 0.324. The van der Waals surface area contributed by atoms with E-state index in [9.17, 15) is 13.5 Å². The van der Waals surface area contributed by atoms with Crippen LogP contribution < -0.4 is 4.74 Å². The van der Waals surface area contributed by atoms with Crippen LogP contribution in [0.3, 0.4) is 0 Å². The maximum Gasteiger partial charge on any atom is 0.243 e. The van der Waals surface area contributed by atoms with Crippen LogP contribution in [0.1, 0.15) is 19.4 Å². The van der Waals surface area contributed by atoms with E-state index in [-0.39, 0.29) is 24.5 Å². The third kappa shape index (κ3) is 2.56. The minimum atomic E-state index is -3.49. The molecule has 1 saturated heterocycles. The van der Waals surface area contributed by atoms with E-state index in [0.717, 1.165) is 17.7 Å². The molecule has 0 saturated carbocycles. The number of ether oxygens (including phenoxy) is 1. The van der Waals surface area contributed by atoms with Crippen LogP contribution in [0.25, 0.3) is 0 Å². The molecule has 0 spiro atoms. The lowest BCUT2D eigenvalue weighted by Crippen LogP contribution is -2.29. The van der Waals surface area contributed by atoms with Crippen LogP contribution in [0.15, 0.2) is 23.1 Å². The first-order valence-electron chi connectivity index (χ1n) is 7.32. The number of sulfonamides is 1. The molecule has 1 fully saturated rings. The molecule has 5 nitrogen and oxygen atoms in total. The fourth-order valence-corrected chi connectivity index (χ4v) is 4.78. The van der Waals surface area contributed by atoms with Gasteiger partial charge in [-0.25, -0.2) is 8.42 Å². The van der Waals surface area contributed by atoms with Gasteiger partial charge in [0.2, 0.25) is 10.0 Å². The summed E-state index contributed by atoms with van der Waals surface area (Å²) in [5.41, 5.74) is 0.953. The first kappa shape index (κ1) is 14.8. The minimum absolute atomic E-state index is 0.0255. The predicted octanol–water partition coefficient (Wildman–Crippen LogP) is 1.26. The zero-order chi connectivity index (χ0) is 15.2. The van der Waals surface area contributed by atoms with Gasteiger partial charge in [0.05, 0.1) is 4.90 Å². The molecule has 3 atom stereocenters. The molecule has 116 valence electrons. The Morgan fingerprint density at radius 3 is 2.76 bits per heavy atom. The second-order valence-electron chi connectivity index (χ2n) is 6.14. The van der Waals surface area contributed by atoms with Gasteiger partial charge in [-0.15, -0.1) is 0 Å². The van der Waals surface area contributed by atoms with Gasteiger partial charge in [-0.3, -0.25) is 0 Å². The van der Waals surface area contributed by atoms with Gasteiger partial charge in [0.1, 0.15) is 11.9 Å². The molecule has 2 aliphatic rings. The molecule has 0 aliphatic carbocycles. The lowest BCUT2D eigenvalue weighted by Gasteiger charge is -2.16. The molecule has 0 unspecified atom stereocenters. The normalized spacial score (nSPS) is 29.4. The third-order valence-electron chi connectivity index (χ3n) is 4.47. The van der Waals surface area contributed by atoms with Crippen LogP contribution in [0.5, 0.6) is 5.75 Å². The van der Waals surface area contributed by atoms with Gasteiger partial charge in [0, 0.05) is 26.1 Å². The van der Waals surface area contributed by atoms with E-state index in [1.807, 2.05) is 13.8 Å². The fourth-order valence-electron chi connectivity index (χ4n) is 3.13. The Bertz CT molecular complexity index is 643. The second-order valence-corrected chi connectivity index (χ2v) is 8.08. The molecule has 0 radical (unpaired) electrons. The molecule has 0 bridgehead atoms. The second kappa shape index (κ2) is 5.26. The van der Waals surface area contributed by atoms with Crippen LogP contribution in [0, 0.1) is 11.8 Å². The molecular formula is C15H21NO4S. The van der Waals surface area contributed by atoms with Gasteiger partial charge < -0.3 is 9.84 Å². The van der Waals surface area contributed by atoms with Crippen LogP contribution in [-0.4, -0.2) is 43.6 Å². The van der Waals surface area contributed by atoms with Crippen LogP contribution in [0.4, 0.5) is 0 Å². The molecule has 21 heavy (non-hydrogen) atoms. The summed E-state index contributed by atoms with van der Waals surface area (Å²) in [6, 6.07) is 5.09. The molecule has 0 amide bonds. The van der Waals surface area contributed by atoms with Crippen molar-refractivity contribution in [2.45, 2.75) is 31.3 Å². The largest absolute Gasteiger partial charge is 0.490 e. The van der Waals surface area contributed by atoms with Crippen molar-refractivity contribution in [3.8, 4) is 5.75 Å². The summed E-state index contributed by atoms with van der Waals surface area (Å²) in [5.74, 6) is 0.990. The number of hydrogen-bond acceptors (Lipinski definition) is 4. The lowest BCUT2D eigenvalue weighted by atomic mass is 10.00. The van der Waals surface area contributed by atoms with Gasteiger partial charge in [0.15, 0.2) is 0 Å². The Morgan fingerprint density at radius 1 is 1.33 bits per heavy atom. The van der Waals surface area contributed by atoms with Crippen molar-refractivity contribution in [2.24, 2.45) is 11.8 Å². The van der Waals surface area contributed by atoms with Crippen molar-refractivity contribution >= 4 is 10.0 Å². The van der Waals surface area contributed by atoms with E-state index in [1.165, 1.54) is 4.31 Å². The number of hydrogen-bond donors (Lipinski definition) is 1. The highest BCUT2D eigenvalue weighted by Gasteiger charge is 2.37. The summed E-state index contributed by atoms with van der Waals surface area (Å²) in [5, 5.41) is 9.31. The quantitative estimate of drug-likeness (QED) is 0.912. The fraction of sp³-hybridized carbons (Fsp3) is 0.600. The Labute approximate surface area is 125 Å². The van der Waals surface area contributed by atoms with Crippen LogP contribution in [0.2, 0.25) is 0 Å². The van der Waals surface area contributed by atoms with E-state index >= 15 is 0 Å². The molecule has 1 aromatic rings. The first-order chi connectivity index (χ1) is 9.91. The van der Waals surface area contributed by atoms with Gasteiger partial charge in [-0.2, -0.15) is 4.31 Å². The van der Waals surface area contributed by atoms with Crippen molar-refractivity contribution < 1.29 is 18.3 Å². The maximum absolute atomic E-state index is 12.7. The van der Waals surface area contributed by atoms with Crippen molar-refractivity contribution in [3.05, 3.63) is 23.8 Å². The molecule has 2 heterocycles. The summed E-state index contributed by atoms with van der Waals surface area (Å²) >= 11 is 0. The number of fused-ring (bicyclic) bond motifs is 1. The van der Waals surface area contributed by atoms with Crippen molar-refractivity contribution in [1.82, 2.24) is 4.31 Å². The predicted molar refractivity (Wildman–Crippen MR) is 78.7 cm³/mol. The first-order valence-corrected chi connectivity index (χ1v) is 8.76. The van der Waals surface area contributed by atoms with E-state index in [2.05, 4.69) is 0 Å². The number of aliphatic hydroxyl groups excluding tert-OH is 1. The molecule has 0 aromatic heterocycles. The van der Waals surface area contributed by atoms with Crippen molar-refractivity contribution in [2.75, 3.05) is 19.7 Å². The summed E-state index contributed by atoms with van der Waals surface area (Å²) in [7, 11) is -3.49. The van der Waals surface area contributed by atoms with E-state index in [0.29, 0.717) is 18.0 Å². The van der Waals surface area contributed by atoms with Gasteiger partial charge in [-0.1, -0.05) is 6.92 Å². The monoisotopic (exact) mass is 311 g/mol. The third-order valence-corrected chi connectivity index (χ3v) is 6.30. The number of benzene rings is 1. The molecule has 2 aliphatic heterocycles. The lowest BCUT2D eigenvalue weighted by molar-refractivity contribution is 0.210. The van der Waals surface area contributed by atoms with Gasteiger partial charge in [-0.05, 0) is 42.5 Å². The zero-order valence-corrected chi connectivity index (χ0v) is 13.1. The van der Waals surface area contributed by atoms with Crippen LogP contribution in [-0.2, 0) is 16.4 Å². The highest BCUT2D eigenvalue weighted by molar-refractivity contribution is 7.89. The van der Waals surface area contributed by atoms with Gasteiger partial charge in [0.25, 0.3) is 0 Å². The van der Waals surface area contributed by atoms with Crippen LogP contribution >= 0.6 is 0 Å². The molecule has 1 N–H and O–H groups in total. The molecular weight excluding hydrogens is 290 g/mol. The Balaban J connectivity index is 1.88. The average Bonchev–Trinajstić information content (AvgIpc) is 2.99. The van der Waals surface area contributed by atoms with Crippen molar-refractivity contribution in [1.29, 1.82) is 0 Å². The van der Waals surface area contributed by atoms with Gasteiger partial charge >= 0.3 is 0 Å². The highest BCUT2D eigenvalue weighted by Crippen LogP contribution is 2.33. The molecule has 6 heteroatoms. The summed E-state index contributed by atoms with van der Waals surface area (Å²) in [6.07, 6.45) is 0.845. The minimum Gasteiger partial charge on any atom is -0.490 e. The Kier molecular flexibility index (Phi) is 3.71. The van der Waals surface area contributed by atoms with Crippen molar-refractivity contribution in [3.63, 3.8) is 0 Å². The standard InChI is InChI=1S/C15H21NO4S/c1-10-7-16(8-13(10)9-17)21(18,19)14-3-4-15-12(6-14)5-11(2)20-15/h3-4,6,10-11,13,17H,5,7-9H2,1-2H3/t10-,11-,13+/m1/s1. The van der Waals surface area contributed by atoms with E-state index in [4.69, 9.17) is 4.74 Å². The number of nitrogens with zero attached hydrogens (tertiary/aromatic N) is 1. The topological polar surface area (TPSA) is 66.8 Å². The summed E-state index contributed by atoms with van der Waals surface area (Å²) < 4.78 is 32.5.